The van der Waals surface area contributed by atoms with Gasteiger partial charge < -0.3 is 5.32 Å². The molecule has 0 fully saturated rings. The van der Waals surface area contributed by atoms with Crippen LogP contribution >= 0.6 is 0 Å². The zero-order chi connectivity index (χ0) is 11.1. The zero-order valence-electron chi connectivity index (χ0n) is 9.65. The minimum Gasteiger partial charge on any atom is -0.312 e. The van der Waals surface area contributed by atoms with Crippen molar-refractivity contribution < 1.29 is 4.39 Å². The van der Waals surface area contributed by atoms with Crippen LogP contribution in [0, 0.1) is 5.82 Å². The van der Waals surface area contributed by atoms with Crippen molar-refractivity contribution in [1.29, 1.82) is 0 Å². The highest BCUT2D eigenvalue weighted by Crippen LogP contribution is 2.28. The predicted octanol–water partition coefficient (Wildman–Crippen LogP) is 2.77. The summed E-state index contributed by atoms with van der Waals surface area (Å²) in [7, 11) is 0. The molecule has 0 saturated heterocycles. The van der Waals surface area contributed by atoms with Gasteiger partial charge in [-0.05, 0) is 41.1 Å². The number of hydrogen-bond donors (Lipinski definition) is 1. The molecular weight excluding hydrogens is 189 g/mol. The molecule has 0 saturated carbocycles. The molecule has 1 aliphatic rings. The normalized spacial score (nSPS) is 16.3. The Morgan fingerprint density at radius 2 is 1.93 bits per heavy atom. The molecule has 0 bridgehead atoms. The number of halogens is 1. The Bertz CT molecular complexity index is 377. The van der Waals surface area contributed by atoms with E-state index in [1.807, 2.05) is 6.07 Å². The quantitative estimate of drug-likeness (QED) is 0.689. The van der Waals surface area contributed by atoms with Gasteiger partial charge in [0.2, 0.25) is 0 Å². The highest BCUT2D eigenvalue weighted by molar-refractivity contribution is 5.37. The van der Waals surface area contributed by atoms with E-state index in [0.29, 0.717) is 0 Å². The van der Waals surface area contributed by atoms with Gasteiger partial charge in [0.25, 0.3) is 0 Å². The molecule has 2 rings (SSSR count). The van der Waals surface area contributed by atoms with E-state index < -0.39 is 0 Å². The van der Waals surface area contributed by atoms with Gasteiger partial charge in [0.05, 0.1) is 0 Å². The molecule has 0 amide bonds. The van der Waals surface area contributed by atoms with Gasteiger partial charge in [-0.1, -0.05) is 26.8 Å². The molecule has 0 spiro atoms. The standard InChI is InChI=1S/C13H18FN/c1-13(2,3)11-6-9-4-5-15-8-10(9)7-12(11)14/h6-7,15H,4-5,8H2,1-3H3. The molecular formula is C13H18FN. The third kappa shape index (κ3) is 2.05. The monoisotopic (exact) mass is 207 g/mol. The van der Waals surface area contributed by atoms with Crippen LogP contribution in [0.3, 0.4) is 0 Å². The van der Waals surface area contributed by atoms with E-state index in [1.54, 1.807) is 6.07 Å². The molecule has 1 aliphatic heterocycles. The van der Waals surface area contributed by atoms with E-state index in [9.17, 15) is 4.39 Å². The third-order valence-corrected chi connectivity index (χ3v) is 2.98. The van der Waals surface area contributed by atoms with E-state index in [-0.39, 0.29) is 11.2 Å². The molecule has 1 nitrogen and oxygen atoms in total. The third-order valence-electron chi connectivity index (χ3n) is 2.98. The largest absolute Gasteiger partial charge is 0.312 e. The lowest BCUT2D eigenvalue weighted by molar-refractivity contribution is 0.516. The first-order chi connectivity index (χ1) is 6.98. The van der Waals surface area contributed by atoms with Crippen LogP contribution in [-0.4, -0.2) is 6.54 Å². The summed E-state index contributed by atoms with van der Waals surface area (Å²) in [5.74, 6) is -0.0649. The molecule has 1 aromatic carbocycles. The molecule has 0 aliphatic carbocycles. The summed E-state index contributed by atoms with van der Waals surface area (Å²) in [5.41, 5.74) is 3.15. The van der Waals surface area contributed by atoms with Crippen LogP contribution in [0.5, 0.6) is 0 Å². The van der Waals surface area contributed by atoms with Crippen LogP contribution in [0.1, 0.15) is 37.5 Å². The van der Waals surface area contributed by atoms with E-state index in [0.717, 1.165) is 30.6 Å². The van der Waals surface area contributed by atoms with Crippen molar-refractivity contribution in [3.05, 3.63) is 34.6 Å². The van der Waals surface area contributed by atoms with Crippen molar-refractivity contribution in [1.82, 2.24) is 5.32 Å². The first-order valence-electron chi connectivity index (χ1n) is 5.51. The topological polar surface area (TPSA) is 12.0 Å². The predicted molar refractivity (Wildman–Crippen MR) is 60.5 cm³/mol. The highest BCUT2D eigenvalue weighted by atomic mass is 19.1. The number of rotatable bonds is 0. The second-order valence-electron chi connectivity index (χ2n) is 5.28. The smallest absolute Gasteiger partial charge is 0.127 e. The minimum absolute atomic E-state index is 0.0649. The molecule has 0 atom stereocenters. The van der Waals surface area contributed by atoms with Crippen molar-refractivity contribution in [3.8, 4) is 0 Å². The first kappa shape index (κ1) is 10.6. The average Bonchev–Trinajstić information content (AvgIpc) is 2.15. The molecule has 0 radical (unpaired) electrons. The minimum atomic E-state index is -0.107. The van der Waals surface area contributed by atoms with Gasteiger partial charge >= 0.3 is 0 Å². The number of hydrogen-bond acceptors (Lipinski definition) is 1. The number of benzene rings is 1. The van der Waals surface area contributed by atoms with Crippen LogP contribution in [0.2, 0.25) is 0 Å². The number of nitrogens with one attached hydrogen (secondary N) is 1. The fourth-order valence-corrected chi connectivity index (χ4v) is 2.08. The van der Waals surface area contributed by atoms with Crippen molar-refractivity contribution in [3.63, 3.8) is 0 Å². The summed E-state index contributed by atoms with van der Waals surface area (Å²) in [6, 6.07) is 3.74. The molecule has 0 unspecified atom stereocenters. The van der Waals surface area contributed by atoms with Crippen molar-refractivity contribution in [2.45, 2.75) is 39.2 Å². The lowest BCUT2D eigenvalue weighted by atomic mass is 9.83. The van der Waals surface area contributed by atoms with E-state index in [4.69, 9.17) is 0 Å². The van der Waals surface area contributed by atoms with Crippen LogP contribution in [0.25, 0.3) is 0 Å². The molecule has 82 valence electrons. The maximum absolute atomic E-state index is 13.8. The van der Waals surface area contributed by atoms with Crippen LogP contribution < -0.4 is 5.32 Å². The summed E-state index contributed by atoms with van der Waals surface area (Å²) < 4.78 is 13.8. The van der Waals surface area contributed by atoms with Gasteiger partial charge in [-0.25, -0.2) is 4.39 Å². The molecule has 2 heteroatoms. The van der Waals surface area contributed by atoms with Gasteiger partial charge in [0, 0.05) is 6.54 Å². The van der Waals surface area contributed by atoms with E-state index in [2.05, 4.69) is 26.1 Å². The first-order valence-corrected chi connectivity index (χ1v) is 5.51. The van der Waals surface area contributed by atoms with Crippen molar-refractivity contribution in [2.24, 2.45) is 0 Å². The molecule has 1 heterocycles. The van der Waals surface area contributed by atoms with Crippen LogP contribution in [-0.2, 0) is 18.4 Å². The lowest BCUT2D eigenvalue weighted by Gasteiger charge is -2.24. The Hall–Kier alpha value is -0.890. The highest BCUT2D eigenvalue weighted by Gasteiger charge is 2.21. The van der Waals surface area contributed by atoms with Gasteiger partial charge in [-0.3, -0.25) is 0 Å². The molecule has 15 heavy (non-hydrogen) atoms. The summed E-state index contributed by atoms with van der Waals surface area (Å²) in [6.07, 6.45) is 1.01. The van der Waals surface area contributed by atoms with Crippen molar-refractivity contribution >= 4 is 0 Å². The van der Waals surface area contributed by atoms with Crippen LogP contribution in [0.4, 0.5) is 4.39 Å². The van der Waals surface area contributed by atoms with Gasteiger partial charge in [-0.2, -0.15) is 0 Å². The second kappa shape index (κ2) is 3.60. The van der Waals surface area contributed by atoms with Gasteiger partial charge in [0.1, 0.15) is 5.82 Å². The van der Waals surface area contributed by atoms with Gasteiger partial charge in [0.15, 0.2) is 0 Å². The van der Waals surface area contributed by atoms with Gasteiger partial charge in [-0.15, -0.1) is 0 Å². The fourth-order valence-electron chi connectivity index (χ4n) is 2.08. The van der Waals surface area contributed by atoms with E-state index >= 15 is 0 Å². The Morgan fingerprint density at radius 1 is 1.20 bits per heavy atom. The summed E-state index contributed by atoms with van der Waals surface area (Å²) in [5, 5.41) is 3.26. The van der Waals surface area contributed by atoms with E-state index in [1.165, 1.54) is 5.56 Å². The Kier molecular flexibility index (Phi) is 2.55. The Balaban J connectivity index is 2.50. The maximum atomic E-state index is 13.8. The van der Waals surface area contributed by atoms with Crippen LogP contribution in [0.15, 0.2) is 12.1 Å². The average molecular weight is 207 g/mol. The Morgan fingerprint density at radius 3 is 2.60 bits per heavy atom. The fraction of sp³-hybridized carbons (Fsp3) is 0.538. The molecule has 0 aromatic heterocycles. The second-order valence-corrected chi connectivity index (χ2v) is 5.28. The zero-order valence-corrected chi connectivity index (χ0v) is 9.65. The Labute approximate surface area is 90.7 Å². The molecule has 1 N–H and O–H groups in total. The van der Waals surface area contributed by atoms with Crippen molar-refractivity contribution in [2.75, 3.05) is 6.54 Å². The summed E-state index contributed by atoms with van der Waals surface area (Å²) in [4.78, 5) is 0. The maximum Gasteiger partial charge on any atom is 0.127 e. The SMILES string of the molecule is CC(C)(C)c1cc2c(cc1F)CNCC2. The summed E-state index contributed by atoms with van der Waals surface area (Å²) >= 11 is 0. The summed E-state index contributed by atoms with van der Waals surface area (Å²) in [6.45, 7) is 7.97. The molecule has 1 aromatic rings. The lowest BCUT2D eigenvalue weighted by Crippen LogP contribution is -2.25. The number of fused-ring (bicyclic) bond motifs is 1.